The smallest absolute Gasteiger partial charge is 0.244 e. The lowest BCUT2D eigenvalue weighted by Gasteiger charge is -2.32. The molecule has 6 nitrogen and oxygen atoms in total. The average molecular weight is 321 g/mol. The second-order valence-electron chi connectivity index (χ2n) is 6.22. The maximum absolute atomic E-state index is 12.7. The molecule has 2 aromatic heterocycles. The number of amides is 1. The summed E-state index contributed by atoms with van der Waals surface area (Å²) in [6, 6.07) is 10.2. The highest BCUT2D eigenvalue weighted by atomic mass is 16.2. The molecule has 1 aliphatic rings. The third kappa shape index (κ3) is 2.71. The van der Waals surface area contributed by atoms with Gasteiger partial charge in [-0.05, 0) is 18.1 Å². The Hall–Kier alpha value is -2.89. The van der Waals surface area contributed by atoms with Gasteiger partial charge in [-0.25, -0.2) is 4.98 Å². The summed E-state index contributed by atoms with van der Waals surface area (Å²) < 4.78 is 1.69. The van der Waals surface area contributed by atoms with Crippen LogP contribution in [0.5, 0.6) is 0 Å². The lowest BCUT2D eigenvalue weighted by atomic mass is 9.91. The number of nitrogens with zero attached hydrogens (tertiary/aromatic N) is 4. The van der Waals surface area contributed by atoms with Gasteiger partial charge in [-0.15, -0.1) is 0 Å². The Morgan fingerprint density at radius 1 is 1.33 bits per heavy atom. The van der Waals surface area contributed by atoms with Gasteiger partial charge in [0, 0.05) is 18.7 Å². The molecule has 1 N–H and O–H groups in total. The lowest BCUT2D eigenvalue weighted by molar-refractivity contribution is -0.133. The SMILES string of the molecule is Cc1cnn(CC(=O)N2Cc3[nH]cnc3C(c3ccccc3)C2)c1. The Morgan fingerprint density at radius 3 is 2.92 bits per heavy atom. The number of rotatable bonds is 3. The molecule has 1 unspecified atom stereocenters. The van der Waals surface area contributed by atoms with Crippen LogP contribution in [-0.4, -0.2) is 37.1 Å². The van der Waals surface area contributed by atoms with Crippen LogP contribution in [0, 0.1) is 6.92 Å². The molecule has 0 radical (unpaired) electrons. The number of aromatic nitrogens is 4. The van der Waals surface area contributed by atoms with Gasteiger partial charge >= 0.3 is 0 Å². The van der Waals surface area contributed by atoms with Crippen molar-refractivity contribution in [3.8, 4) is 0 Å². The minimum atomic E-state index is 0.0688. The first-order valence-corrected chi connectivity index (χ1v) is 8.04. The Morgan fingerprint density at radius 2 is 2.17 bits per heavy atom. The van der Waals surface area contributed by atoms with Gasteiger partial charge in [0.2, 0.25) is 5.91 Å². The van der Waals surface area contributed by atoms with Crippen LogP contribution in [-0.2, 0) is 17.9 Å². The molecule has 1 atom stereocenters. The summed E-state index contributed by atoms with van der Waals surface area (Å²) in [6.45, 7) is 3.44. The van der Waals surface area contributed by atoms with Crippen molar-refractivity contribution in [1.29, 1.82) is 0 Å². The molecule has 1 aromatic carbocycles. The van der Waals surface area contributed by atoms with Crippen LogP contribution in [0.3, 0.4) is 0 Å². The molecule has 0 fully saturated rings. The van der Waals surface area contributed by atoms with E-state index >= 15 is 0 Å². The number of H-pyrrole nitrogens is 1. The predicted octanol–water partition coefficient (Wildman–Crippen LogP) is 2.09. The molecule has 122 valence electrons. The van der Waals surface area contributed by atoms with E-state index in [-0.39, 0.29) is 18.4 Å². The molecule has 0 spiro atoms. The van der Waals surface area contributed by atoms with E-state index in [1.807, 2.05) is 36.2 Å². The minimum Gasteiger partial charge on any atom is -0.347 e. The number of hydrogen-bond acceptors (Lipinski definition) is 3. The van der Waals surface area contributed by atoms with E-state index in [0.29, 0.717) is 13.1 Å². The molecule has 6 heteroatoms. The number of fused-ring (bicyclic) bond motifs is 1. The molecule has 0 saturated heterocycles. The quantitative estimate of drug-likeness (QED) is 0.803. The fraction of sp³-hybridized carbons (Fsp3) is 0.278. The third-order valence-electron chi connectivity index (χ3n) is 4.45. The number of carbonyl (C=O) groups is 1. The standard InChI is InChI=1S/C18H19N5O/c1-13-7-21-23(8-13)11-17(24)22-9-15(14-5-3-2-4-6-14)18-16(10-22)19-12-20-18/h2-8,12,15H,9-11H2,1H3,(H,19,20). The van der Waals surface area contributed by atoms with Crippen LogP contribution in [0.4, 0.5) is 0 Å². The monoisotopic (exact) mass is 321 g/mol. The first kappa shape index (κ1) is 14.7. The molecule has 24 heavy (non-hydrogen) atoms. The Balaban J connectivity index is 1.59. The van der Waals surface area contributed by atoms with E-state index in [2.05, 4.69) is 27.2 Å². The molecule has 0 aliphatic carbocycles. The first-order valence-electron chi connectivity index (χ1n) is 8.04. The highest BCUT2D eigenvalue weighted by molar-refractivity contribution is 5.76. The van der Waals surface area contributed by atoms with Crippen molar-refractivity contribution in [1.82, 2.24) is 24.6 Å². The molecule has 3 heterocycles. The van der Waals surface area contributed by atoms with Crippen molar-refractivity contribution in [3.05, 3.63) is 71.6 Å². The number of aryl methyl sites for hydroxylation is 1. The van der Waals surface area contributed by atoms with Crippen LogP contribution in [0.1, 0.15) is 28.4 Å². The van der Waals surface area contributed by atoms with E-state index in [1.165, 1.54) is 5.56 Å². The zero-order valence-corrected chi connectivity index (χ0v) is 13.5. The zero-order valence-electron chi connectivity index (χ0n) is 13.5. The number of nitrogens with one attached hydrogen (secondary N) is 1. The van der Waals surface area contributed by atoms with Crippen LogP contribution in [0.15, 0.2) is 49.1 Å². The van der Waals surface area contributed by atoms with E-state index in [1.54, 1.807) is 17.2 Å². The van der Waals surface area contributed by atoms with Crippen molar-refractivity contribution in [2.75, 3.05) is 6.54 Å². The largest absolute Gasteiger partial charge is 0.347 e. The van der Waals surface area contributed by atoms with Crippen molar-refractivity contribution in [2.45, 2.75) is 25.9 Å². The molecule has 3 aromatic rings. The van der Waals surface area contributed by atoms with E-state index < -0.39 is 0 Å². The molecule has 0 saturated carbocycles. The molecule has 0 bridgehead atoms. The second-order valence-corrected chi connectivity index (χ2v) is 6.22. The number of benzene rings is 1. The minimum absolute atomic E-state index is 0.0688. The van der Waals surface area contributed by atoms with Gasteiger partial charge in [-0.2, -0.15) is 5.10 Å². The van der Waals surface area contributed by atoms with E-state index in [0.717, 1.165) is 17.0 Å². The summed E-state index contributed by atoms with van der Waals surface area (Å²) in [4.78, 5) is 22.3. The van der Waals surface area contributed by atoms with Crippen LogP contribution in [0.2, 0.25) is 0 Å². The maximum atomic E-state index is 12.7. The highest BCUT2D eigenvalue weighted by Crippen LogP contribution is 2.31. The number of carbonyl (C=O) groups excluding carboxylic acids is 1. The Labute approximate surface area is 140 Å². The number of aromatic amines is 1. The highest BCUT2D eigenvalue weighted by Gasteiger charge is 2.31. The van der Waals surface area contributed by atoms with Gasteiger partial charge < -0.3 is 9.88 Å². The van der Waals surface area contributed by atoms with Gasteiger partial charge in [-0.3, -0.25) is 9.48 Å². The molecule has 1 aliphatic heterocycles. The fourth-order valence-electron chi connectivity index (χ4n) is 3.25. The Bertz CT molecular complexity index is 851. The van der Waals surface area contributed by atoms with Gasteiger partial charge in [0.15, 0.2) is 0 Å². The van der Waals surface area contributed by atoms with E-state index in [4.69, 9.17) is 0 Å². The summed E-state index contributed by atoms with van der Waals surface area (Å²) in [5.41, 5.74) is 4.29. The van der Waals surface area contributed by atoms with Crippen LogP contribution < -0.4 is 0 Å². The van der Waals surface area contributed by atoms with Crippen LogP contribution >= 0.6 is 0 Å². The van der Waals surface area contributed by atoms with Gasteiger partial charge in [-0.1, -0.05) is 30.3 Å². The van der Waals surface area contributed by atoms with Gasteiger partial charge in [0.25, 0.3) is 0 Å². The normalized spacial score (nSPS) is 16.9. The van der Waals surface area contributed by atoms with Gasteiger partial charge in [0.1, 0.15) is 6.54 Å². The molecular weight excluding hydrogens is 302 g/mol. The van der Waals surface area contributed by atoms with Crippen molar-refractivity contribution < 1.29 is 4.79 Å². The molecule has 4 rings (SSSR count). The molecular formula is C18H19N5O. The maximum Gasteiger partial charge on any atom is 0.244 e. The summed E-state index contributed by atoms with van der Waals surface area (Å²) in [6.07, 6.45) is 5.37. The predicted molar refractivity (Wildman–Crippen MR) is 89.3 cm³/mol. The third-order valence-corrected chi connectivity index (χ3v) is 4.45. The Kier molecular flexibility index (Phi) is 3.65. The lowest BCUT2D eigenvalue weighted by Crippen LogP contribution is -2.40. The topological polar surface area (TPSA) is 66.8 Å². The number of hydrogen-bond donors (Lipinski definition) is 1. The summed E-state index contributed by atoms with van der Waals surface area (Å²) in [5, 5.41) is 4.21. The van der Waals surface area contributed by atoms with Crippen LogP contribution in [0.25, 0.3) is 0 Å². The second kappa shape index (κ2) is 5.96. The summed E-state index contributed by atoms with van der Waals surface area (Å²) in [7, 11) is 0. The van der Waals surface area contributed by atoms with Crippen molar-refractivity contribution in [3.63, 3.8) is 0 Å². The van der Waals surface area contributed by atoms with E-state index in [9.17, 15) is 4.79 Å². The van der Waals surface area contributed by atoms with Crippen molar-refractivity contribution >= 4 is 5.91 Å². The molecule has 1 amide bonds. The average Bonchev–Trinajstić information content (AvgIpc) is 3.23. The van der Waals surface area contributed by atoms with Crippen molar-refractivity contribution in [2.24, 2.45) is 0 Å². The first-order chi connectivity index (χ1) is 11.7. The number of imidazole rings is 1. The fourth-order valence-corrected chi connectivity index (χ4v) is 3.25. The van der Waals surface area contributed by atoms with Gasteiger partial charge in [0.05, 0.1) is 30.5 Å². The zero-order chi connectivity index (χ0) is 16.5. The summed E-state index contributed by atoms with van der Waals surface area (Å²) >= 11 is 0. The summed E-state index contributed by atoms with van der Waals surface area (Å²) in [5.74, 6) is 0.170.